The summed E-state index contributed by atoms with van der Waals surface area (Å²) in [6.45, 7) is 0. The van der Waals surface area contributed by atoms with Crippen LogP contribution in [0.2, 0.25) is 0 Å². The summed E-state index contributed by atoms with van der Waals surface area (Å²) >= 11 is 0. The number of furan rings is 1. The second-order valence-corrected chi connectivity index (χ2v) is 4.03. The van der Waals surface area contributed by atoms with E-state index in [4.69, 9.17) is 9.15 Å². The van der Waals surface area contributed by atoms with E-state index < -0.39 is 7.12 Å². The molecule has 90 valence electrons. The smallest absolute Gasteiger partial charge is 0.492 e. The van der Waals surface area contributed by atoms with Crippen molar-refractivity contribution in [1.29, 1.82) is 0 Å². The number of para-hydroxylation sites is 1. The van der Waals surface area contributed by atoms with Crippen LogP contribution < -0.4 is 10.2 Å². The van der Waals surface area contributed by atoms with Crippen LogP contribution in [0.5, 0.6) is 5.75 Å². The molecule has 0 saturated carbocycles. The maximum atomic E-state index is 9.37. The molecule has 2 N–H and O–H groups in total. The zero-order valence-corrected chi connectivity index (χ0v) is 9.75. The normalized spacial score (nSPS) is 11.1. The molecule has 0 aliphatic rings. The number of hydrogen-bond donors (Lipinski definition) is 2. The molecule has 0 aliphatic heterocycles. The third-order valence-corrected chi connectivity index (χ3v) is 3.02. The SMILES string of the molecule is COc1ccc(B(O)O)c2oc3ccccc3c12. The Bertz CT molecular complexity index is 717. The Hall–Kier alpha value is -1.98. The fourth-order valence-corrected chi connectivity index (χ4v) is 2.19. The third-order valence-electron chi connectivity index (χ3n) is 3.02. The summed E-state index contributed by atoms with van der Waals surface area (Å²) in [5.74, 6) is 0.652. The molecular weight excluding hydrogens is 231 g/mol. The predicted molar refractivity (Wildman–Crippen MR) is 70.1 cm³/mol. The summed E-state index contributed by atoms with van der Waals surface area (Å²) in [5, 5.41) is 20.4. The lowest BCUT2D eigenvalue weighted by Gasteiger charge is -2.05. The van der Waals surface area contributed by atoms with Gasteiger partial charge in [-0.15, -0.1) is 0 Å². The molecule has 0 radical (unpaired) electrons. The monoisotopic (exact) mass is 242 g/mol. The van der Waals surface area contributed by atoms with E-state index in [-0.39, 0.29) is 0 Å². The topological polar surface area (TPSA) is 62.8 Å². The molecule has 0 amide bonds. The number of fused-ring (bicyclic) bond motifs is 3. The molecule has 5 heteroatoms. The number of hydrogen-bond acceptors (Lipinski definition) is 4. The minimum atomic E-state index is -1.57. The van der Waals surface area contributed by atoms with Crippen molar-refractivity contribution in [2.45, 2.75) is 0 Å². The van der Waals surface area contributed by atoms with Crippen LogP contribution in [0.15, 0.2) is 40.8 Å². The molecule has 0 bridgehead atoms. The molecule has 2 aromatic carbocycles. The fourth-order valence-electron chi connectivity index (χ4n) is 2.19. The van der Waals surface area contributed by atoms with E-state index in [0.29, 0.717) is 22.4 Å². The number of methoxy groups -OCH3 is 1. The highest BCUT2D eigenvalue weighted by molar-refractivity contribution is 6.62. The standard InChI is InChI=1S/C13H11BO4/c1-17-11-7-6-9(14(15)16)13-12(11)8-4-2-3-5-10(8)18-13/h2-7,15-16H,1H3. The third kappa shape index (κ3) is 1.49. The molecule has 0 saturated heterocycles. The van der Waals surface area contributed by atoms with Crippen molar-refractivity contribution in [3.63, 3.8) is 0 Å². The maximum Gasteiger partial charge on any atom is 0.492 e. The van der Waals surface area contributed by atoms with Crippen LogP contribution in [-0.4, -0.2) is 24.3 Å². The van der Waals surface area contributed by atoms with Crippen LogP contribution >= 0.6 is 0 Å². The Balaban J connectivity index is 2.51. The van der Waals surface area contributed by atoms with Crippen LogP contribution in [0.1, 0.15) is 0 Å². The Labute approximate surface area is 104 Å². The van der Waals surface area contributed by atoms with Crippen molar-refractivity contribution in [3.8, 4) is 5.75 Å². The van der Waals surface area contributed by atoms with Crippen LogP contribution in [-0.2, 0) is 0 Å². The van der Waals surface area contributed by atoms with Gasteiger partial charge in [-0.2, -0.15) is 0 Å². The summed E-state index contributed by atoms with van der Waals surface area (Å²) in [4.78, 5) is 0. The van der Waals surface area contributed by atoms with E-state index in [1.807, 2.05) is 24.3 Å². The van der Waals surface area contributed by atoms with Crippen molar-refractivity contribution in [3.05, 3.63) is 36.4 Å². The van der Waals surface area contributed by atoms with Crippen LogP contribution in [0.4, 0.5) is 0 Å². The van der Waals surface area contributed by atoms with E-state index in [1.165, 1.54) is 0 Å². The van der Waals surface area contributed by atoms with Gasteiger partial charge in [0.25, 0.3) is 0 Å². The van der Waals surface area contributed by atoms with E-state index in [2.05, 4.69) is 0 Å². The molecule has 0 spiro atoms. The Morgan fingerprint density at radius 3 is 2.61 bits per heavy atom. The van der Waals surface area contributed by atoms with E-state index in [9.17, 15) is 10.0 Å². The highest BCUT2D eigenvalue weighted by Crippen LogP contribution is 2.34. The van der Waals surface area contributed by atoms with Gasteiger partial charge in [0.15, 0.2) is 0 Å². The predicted octanol–water partition coefficient (Wildman–Crippen LogP) is 1.27. The lowest BCUT2D eigenvalue weighted by Crippen LogP contribution is -2.30. The molecule has 0 fully saturated rings. The largest absolute Gasteiger partial charge is 0.496 e. The van der Waals surface area contributed by atoms with Gasteiger partial charge in [0.1, 0.15) is 16.9 Å². The molecule has 0 unspecified atom stereocenters. The summed E-state index contributed by atoms with van der Waals surface area (Å²) < 4.78 is 11.0. The first-order chi connectivity index (χ1) is 8.72. The Kier molecular flexibility index (Phi) is 2.50. The lowest BCUT2D eigenvalue weighted by atomic mass is 9.79. The van der Waals surface area contributed by atoms with Gasteiger partial charge in [-0.05, 0) is 12.1 Å². The minimum Gasteiger partial charge on any atom is -0.496 e. The second kappa shape index (κ2) is 4.05. The fraction of sp³-hybridized carbons (Fsp3) is 0.0769. The summed E-state index contributed by atoms with van der Waals surface area (Å²) in [6, 6.07) is 10.8. The van der Waals surface area contributed by atoms with Gasteiger partial charge in [-0.3, -0.25) is 0 Å². The molecular formula is C13H11BO4. The molecule has 18 heavy (non-hydrogen) atoms. The first kappa shape index (κ1) is 11.1. The van der Waals surface area contributed by atoms with Crippen molar-refractivity contribution >= 4 is 34.5 Å². The van der Waals surface area contributed by atoms with Gasteiger partial charge in [-0.25, -0.2) is 0 Å². The average Bonchev–Trinajstić information content (AvgIpc) is 2.76. The average molecular weight is 242 g/mol. The maximum absolute atomic E-state index is 9.37. The van der Waals surface area contributed by atoms with Gasteiger partial charge >= 0.3 is 7.12 Å². The van der Waals surface area contributed by atoms with Gasteiger partial charge in [0, 0.05) is 10.8 Å². The van der Waals surface area contributed by atoms with Crippen molar-refractivity contribution in [2.24, 2.45) is 0 Å². The molecule has 3 aromatic rings. The van der Waals surface area contributed by atoms with E-state index in [1.54, 1.807) is 19.2 Å². The number of rotatable bonds is 2. The van der Waals surface area contributed by atoms with Crippen LogP contribution in [0.3, 0.4) is 0 Å². The van der Waals surface area contributed by atoms with Crippen molar-refractivity contribution < 1.29 is 19.2 Å². The summed E-state index contributed by atoms with van der Waals surface area (Å²) in [5.41, 5.74) is 1.48. The van der Waals surface area contributed by atoms with Crippen molar-refractivity contribution in [2.75, 3.05) is 7.11 Å². The Morgan fingerprint density at radius 2 is 1.89 bits per heavy atom. The van der Waals surface area contributed by atoms with Gasteiger partial charge in [0.2, 0.25) is 0 Å². The zero-order valence-electron chi connectivity index (χ0n) is 9.75. The molecule has 3 rings (SSSR count). The highest BCUT2D eigenvalue weighted by Gasteiger charge is 2.21. The quantitative estimate of drug-likeness (QED) is 0.664. The molecule has 4 nitrogen and oxygen atoms in total. The second-order valence-electron chi connectivity index (χ2n) is 4.03. The van der Waals surface area contributed by atoms with Crippen molar-refractivity contribution in [1.82, 2.24) is 0 Å². The lowest BCUT2D eigenvalue weighted by molar-refractivity contribution is 0.419. The van der Waals surface area contributed by atoms with Gasteiger partial charge in [-0.1, -0.05) is 24.3 Å². The minimum absolute atomic E-state index is 0.335. The van der Waals surface area contributed by atoms with E-state index in [0.717, 1.165) is 10.8 Å². The first-order valence-electron chi connectivity index (χ1n) is 5.56. The number of benzene rings is 2. The molecule has 0 atom stereocenters. The zero-order chi connectivity index (χ0) is 12.7. The van der Waals surface area contributed by atoms with Crippen LogP contribution in [0.25, 0.3) is 21.9 Å². The number of ether oxygens (including phenoxy) is 1. The summed E-state index contributed by atoms with van der Waals surface area (Å²) in [7, 11) is 0.00459. The first-order valence-corrected chi connectivity index (χ1v) is 5.56. The van der Waals surface area contributed by atoms with E-state index >= 15 is 0 Å². The molecule has 1 aromatic heterocycles. The Morgan fingerprint density at radius 1 is 1.11 bits per heavy atom. The molecule has 1 heterocycles. The van der Waals surface area contributed by atoms with Crippen LogP contribution in [0, 0.1) is 0 Å². The molecule has 0 aliphatic carbocycles. The van der Waals surface area contributed by atoms with Gasteiger partial charge < -0.3 is 19.2 Å². The highest BCUT2D eigenvalue weighted by atomic mass is 16.5. The van der Waals surface area contributed by atoms with Gasteiger partial charge in [0.05, 0.1) is 12.5 Å². The summed E-state index contributed by atoms with van der Waals surface area (Å²) in [6.07, 6.45) is 0.